The van der Waals surface area contributed by atoms with E-state index in [9.17, 15) is 4.39 Å². The normalized spacial score (nSPS) is 10.8. The van der Waals surface area contributed by atoms with Gasteiger partial charge < -0.3 is 15.2 Å². The van der Waals surface area contributed by atoms with Crippen molar-refractivity contribution in [3.8, 4) is 0 Å². The second-order valence-electron chi connectivity index (χ2n) is 3.86. The Morgan fingerprint density at radius 2 is 2.00 bits per heavy atom. The largest absolute Gasteiger partial charge is 0.364 e. The predicted octanol–water partition coefficient (Wildman–Crippen LogP) is 2.30. The first-order valence-electron chi connectivity index (χ1n) is 5.87. The lowest BCUT2D eigenvalue weighted by molar-refractivity contribution is 0.410. The highest BCUT2D eigenvalue weighted by atomic mass is 127. The molecule has 0 amide bonds. The minimum atomic E-state index is -0.234. The summed E-state index contributed by atoms with van der Waals surface area (Å²) in [4.78, 5) is 4.05. The van der Waals surface area contributed by atoms with Crippen LogP contribution in [0.4, 0.5) is 4.39 Å². The lowest BCUT2D eigenvalue weighted by atomic mass is 10.2. The van der Waals surface area contributed by atoms with Crippen LogP contribution in [0.3, 0.4) is 0 Å². The molecular weight excluding hydrogens is 374 g/mol. The smallest absolute Gasteiger partial charge is 0.191 e. The Bertz CT molecular complexity index is 545. The van der Waals surface area contributed by atoms with Gasteiger partial charge in [0.2, 0.25) is 0 Å². The fourth-order valence-corrected chi connectivity index (χ4v) is 1.54. The molecule has 0 unspecified atom stereocenters. The third-order valence-electron chi connectivity index (χ3n) is 2.56. The number of nitrogens with zero attached hydrogens (tertiary/aromatic N) is 2. The topological polar surface area (TPSA) is 62.5 Å². The maximum absolute atomic E-state index is 13.4. The monoisotopic (exact) mass is 390 g/mol. The Hall–Kier alpha value is -1.64. The van der Waals surface area contributed by atoms with Crippen molar-refractivity contribution < 1.29 is 8.91 Å². The summed E-state index contributed by atoms with van der Waals surface area (Å²) in [7, 11) is 1.65. The molecule has 7 heteroatoms. The lowest BCUT2D eigenvalue weighted by Crippen LogP contribution is -2.36. The van der Waals surface area contributed by atoms with E-state index >= 15 is 0 Å². The van der Waals surface area contributed by atoms with E-state index in [1.807, 2.05) is 0 Å². The van der Waals surface area contributed by atoms with Crippen molar-refractivity contribution in [2.45, 2.75) is 13.1 Å². The van der Waals surface area contributed by atoms with Crippen molar-refractivity contribution in [2.75, 3.05) is 7.05 Å². The van der Waals surface area contributed by atoms with E-state index in [0.29, 0.717) is 24.6 Å². The molecule has 0 aliphatic carbocycles. The van der Waals surface area contributed by atoms with Crippen LogP contribution >= 0.6 is 24.0 Å². The van der Waals surface area contributed by atoms with Crippen LogP contribution in [0.5, 0.6) is 0 Å². The molecule has 0 fully saturated rings. The van der Waals surface area contributed by atoms with E-state index in [-0.39, 0.29) is 29.8 Å². The van der Waals surface area contributed by atoms with Gasteiger partial charge in [0, 0.05) is 25.2 Å². The van der Waals surface area contributed by atoms with Crippen LogP contribution in [-0.4, -0.2) is 18.2 Å². The molecule has 1 heterocycles. The molecule has 1 aromatic carbocycles. The number of benzene rings is 1. The highest BCUT2D eigenvalue weighted by molar-refractivity contribution is 14.0. The summed E-state index contributed by atoms with van der Waals surface area (Å²) in [6, 6.07) is 8.38. The fourth-order valence-electron chi connectivity index (χ4n) is 1.54. The van der Waals surface area contributed by atoms with Crippen molar-refractivity contribution in [2.24, 2.45) is 4.99 Å². The van der Waals surface area contributed by atoms with E-state index in [1.165, 1.54) is 12.3 Å². The number of halogens is 2. The van der Waals surface area contributed by atoms with Gasteiger partial charge in [0.15, 0.2) is 5.96 Å². The summed E-state index contributed by atoms with van der Waals surface area (Å²) in [5.74, 6) is 0.341. The third kappa shape index (κ3) is 4.80. The summed E-state index contributed by atoms with van der Waals surface area (Å²) in [6.07, 6.45) is 1.51. The number of hydrogen-bond acceptors (Lipinski definition) is 3. The number of nitrogens with one attached hydrogen (secondary N) is 2. The highest BCUT2D eigenvalue weighted by Gasteiger charge is 2.03. The molecule has 2 N–H and O–H groups in total. The zero-order chi connectivity index (χ0) is 13.5. The standard InChI is InChI=1S/C13H15FN4O.HI/c1-15-13(17-9-11-6-7-19-18-11)16-8-10-4-2-3-5-12(10)14;/h2-7H,8-9H2,1H3,(H2,15,16,17);1H. The van der Waals surface area contributed by atoms with Gasteiger partial charge >= 0.3 is 0 Å². The van der Waals surface area contributed by atoms with Crippen LogP contribution in [0, 0.1) is 5.82 Å². The molecule has 5 nitrogen and oxygen atoms in total. The van der Waals surface area contributed by atoms with Crippen LogP contribution in [0.25, 0.3) is 0 Å². The number of guanidine groups is 1. The summed E-state index contributed by atoms with van der Waals surface area (Å²) < 4.78 is 18.2. The van der Waals surface area contributed by atoms with Crippen LogP contribution in [-0.2, 0) is 13.1 Å². The molecule has 2 aromatic rings. The van der Waals surface area contributed by atoms with Gasteiger partial charge in [0.05, 0.1) is 6.54 Å². The molecule has 0 atom stereocenters. The van der Waals surface area contributed by atoms with Crippen molar-refractivity contribution in [1.29, 1.82) is 0 Å². The second-order valence-corrected chi connectivity index (χ2v) is 3.86. The summed E-state index contributed by atoms with van der Waals surface area (Å²) in [6.45, 7) is 0.860. The minimum Gasteiger partial charge on any atom is -0.364 e. The number of rotatable bonds is 4. The van der Waals surface area contributed by atoms with Gasteiger partial charge in [-0.15, -0.1) is 24.0 Å². The van der Waals surface area contributed by atoms with Gasteiger partial charge in [0.25, 0.3) is 0 Å². The van der Waals surface area contributed by atoms with Crippen molar-refractivity contribution in [1.82, 2.24) is 15.8 Å². The van der Waals surface area contributed by atoms with Crippen LogP contribution in [0.15, 0.2) is 46.1 Å². The number of hydrogen-bond donors (Lipinski definition) is 2. The highest BCUT2D eigenvalue weighted by Crippen LogP contribution is 2.05. The first-order chi connectivity index (χ1) is 9.29. The maximum Gasteiger partial charge on any atom is 0.191 e. The van der Waals surface area contributed by atoms with Gasteiger partial charge in [-0.05, 0) is 6.07 Å². The Balaban J connectivity index is 0.00000200. The molecule has 0 aliphatic heterocycles. The minimum absolute atomic E-state index is 0. The molecule has 20 heavy (non-hydrogen) atoms. The van der Waals surface area contributed by atoms with E-state index < -0.39 is 0 Å². The van der Waals surface area contributed by atoms with Crippen molar-refractivity contribution >= 4 is 29.9 Å². The number of aliphatic imine (C=N–C) groups is 1. The van der Waals surface area contributed by atoms with Gasteiger partial charge in [0.1, 0.15) is 17.8 Å². The Morgan fingerprint density at radius 1 is 1.25 bits per heavy atom. The summed E-state index contributed by atoms with van der Waals surface area (Å²) in [5, 5.41) is 9.86. The van der Waals surface area contributed by atoms with Crippen LogP contribution in [0.2, 0.25) is 0 Å². The molecule has 0 radical (unpaired) electrons. The molecule has 0 bridgehead atoms. The average molecular weight is 390 g/mol. The molecule has 0 aliphatic rings. The molecule has 0 saturated carbocycles. The van der Waals surface area contributed by atoms with E-state index in [0.717, 1.165) is 5.69 Å². The zero-order valence-corrected chi connectivity index (χ0v) is 13.3. The molecular formula is C13H16FIN4O. The Morgan fingerprint density at radius 3 is 2.65 bits per heavy atom. The predicted molar refractivity (Wildman–Crippen MR) is 85.4 cm³/mol. The average Bonchev–Trinajstić information content (AvgIpc) is 2.94. The van der Waals surface area contributed by atoms with Gasteiger partial charge in [-0.25, -0.2) is 4.39 Å². The summed E-state index contributed by atoms with van der Waals surface area (Å²) in [5.41, 5.74) is 1.36. The maximum atomic E-state index is 13.4. The molecule has 1 aromatic heterocycles. The Labute approximate surface area is 133 Å². The molecule has 108 valence electrons. The fraction of sp³-hybridized carbons (Fsp3) is 0.231. The van der Waals surface area contributed by atoms with E-state index in [2.05, 4.69) is 20.8 Å². The van der Waals surface area contributed by atoms with Crippen molar-refractivity contribution in [3.05, 3.63) is 53.7 Å². The second kappa shape index (κ2) is 8.51. The first kappa shape index (κ1) is 16.4. The van der Waals surface area contributed by atoms with E-state index in [4.69, 9.17) is 4.52 Å². The van der Waals surface area contributed by atoms with Crippen LogP contribution in [0.1, 0.15) is 11.3 Å². The lowest BCUT2D eigenvalue weighted by Gasteiger charge is -2.11. The quantitative estimate of drug-likeness (QED) is 0.478. The Kier molecular flexibility index (Phi) is 6.99. The molecule has 0 saturated heterocycles. The van der Waals surface area contributed by atoms with Crippen LogP contribution < -0.4 is 10.6 Å². The zero-order valence-electron chi connectivity index (χ0n) is 11.0. The number of aromatic nitrogens is 1. The molecule has 2 rings (SSSR count). The van der Waals surface area contributed by atoms with E-state index in [1.54, 1.807) is 31.3 Å². The van der Waals surface area contributed by atoms with Gasteiger partial charge in [-0.3, -0.25) is 4.99 Å². The third-order valence-corrected chi connectivity index (χ3v) is 2.56. The SMILES string of the molecule is CN=C(NCc1ccon1)NCc1ccccc1F.I. The summed E-state index contributed by atoms with van der Waals surface area (Å²) >= 11 is 0. The van der Waals surface area contributed by atoms with Crippen molar-refractivity contribution in [3.63, 3.8) is 0 Å². The molecule has 0 spiro atoms. The first-order valence-corrected chi connectivity index (χ1v) is 5.87. The van der Waals surface area contributed by atoms with Gasteiger partial charge in [-0.2, -0.15) is 0 Å². The van der Waals surface area contributed by atoms with Gasteiger partial charge in [-0.1, -0.05) is 23.4 Å².